The number of hydrogen-bond donors (Lipinski definition) is 4. The van der Waals surface area contributed by atoms with Gasteiger partial charge in [-0.1, -0.05) is 0 Å². The Morgan fingerprint density at radius 3 is 2.74 bits per heavy atom. The largest absolute Gasteiger partial charge is 0.388 e. The number of fused-ring (bicyclic) bond motifs is 1. The highest BCUT2D eigenvalue weighted by Gasteiger charge is 2.15. The van der Waals surface area contributed by atoms with Crippen LogP contribution in [0.15, 0.2) is 29.1 Å². The maximum atomic E-state index is 12.4. The second-order valence-electron chi connectivity index (χ2n) is 5.37. The highest BCUT2D eigenvalue weighted by atomic mass is 16.3. The van der Waals surface area contributed by atoms with Gasteiger partial charge in [0.25, 0.3) is 11.5 Å². The van der Waals surface area contributed by atoms with E-state index < -0.39 is 11.5 Å². The van der Waals surface area contributed by atoms with E-state index in [1.807, 2.05) is 0 Å². The molecule has 3 aromatic rings. The number of nitrogens with one attached hydrogen (secondary N) is 3. The predicted octanol–water partition coefficient (Wildman–Crippen LogP) is 1.61. The number of aliphatic hydroxyl groups excluding tert-OH is 1. The number of carbonyl (C=O) groups excluding carboxylic acids is 1. The van der Waals surface area contributed by atoms with Crippen molar-refractivity contribution in [2.75, 3.05) is 5.32 Å². The molecule has 23 heavy (non-hydrogen) atoms. The first-order chi connectivity index (χ1) is 11.0. The molecule has 4 N–H and O–H groups in total. The Hall–Kier alpha value is -2.93. The fraction of sp³-hybridized carbons (Fsp3) is 0.188. The number of nitrogens with zero attached hydrogens (tertiary/aromatic N) is 1. The van der Waals surface area contributed by atoms with Crippen molar-refractivity contribution in [3.05, 3.63) is 57.3 Å². The Kier molecular flexibility index (Phi) is 3.71. The molecule has 0 aliphatic carbocycles. The summed E-state index contributed by atoms with van der Waals surface area (Å²) >= 11 is 0. The van der Waals surface area contributed by atoms with Crippen molar-refractivity contribution in [2.24, 2.45) is 0 Å². The summed E-state index contributed by atoms with van der Waals surface area (Å²) in [4.78, 5) is 34.1. The van der Waals surface area contributed by atoms with Crippen molar-refractivity contribution < 1.29 is 9.90 Å². The van der Waals surface area contributed by atoms with E-state index in [-0.39, 0.29) is 12.2 Å². The molecule has 0 spiro atoms. The topological polar surface area (TPSA) is 111 Å². The third-order valence-electron chi connectivity index (χ3n) is 3.53. The Labute approximate surface area is 131 Å². The van der Waals surface area contributed by atoms with Crippen LogP contribution in [0.25, 0.3) is 11.0 Å². The highest BCUT2D eigenvalue weighted by Crippen LogP contribution is 2.18. The second-order valence-corrected chi connectivity index (χ2v) is 5.37. The van der Waals surface area contributed by atoms with Crippen LogP contribution < -0.4 is 10.9 Å². The average molecular weight is 312 g/mol. The summed E-state index contributed by atoms with van der Waals surface area (Å²) in [6.45, 7) is 3.30. The molecule has 2 heterocycles. The van der Waals surface area contributed by atoms with Crippen molar-refractivity contribution in [2.45, 2.75) is 20.5 Å². The van der Waals surface area contributed by atoms with Crippen LogP contribution in [0.1, 0.15) is 27.4 Å². The van der Waals surface area contributed by atoms with Crippen molar-refractivity contribution in [1.29, 1.82) is 0 Å². The fourth-order valence-electron chi connectivity index (χ4n) is 2.54. The molecule has 0 bridgehead atoms. The van der Waals surface area contributed by atoms with Gasteiger partial charge in [0.2, 0.25) is 0 Å². The molecule has 0 fully saturated rings. The maximum absolute atomic E-state index is 12.4. The van der Waals surface area contributed by atoms with Crippen molar-refractivity contribution in [1.82, 2.24) is 15.0 Å². The van der Waals surface area contributed by atoms with E-state index in [1.54, 1.807) is 38.1 Å². The van der Waals surface area contributed by atoms with Gasteiger partial charge in [-0.3, -0.25) is 9.59 Å². The first kappa shape index (κ1) is 15.0. The summed E-state index contributed by atoms with van der Waals surface area (Å²) in [6.07, 6.45) is 0. The van der Waals surface area contributed by atoms with E-state index in [0.29, 0.717) is 33.8 Å². The van der Waals surface area contributed by atoms with E-state index in [2.05, 4.69) is 20.3 Å². The summed E-state index contributed by atoms with van der Waals surface area (Å²) in [5.74, 6) is -0.0145. The molecule has 0 radical (unpaired) electrons. The zero-order valence-corrected chi connectivity index (χ0v) is 12.7. The molecular weight excluding hydrogens is 296 g/mol. The Morgan fingerprint density at radius 2 is 2.04 bits per heavy atom. The Balaban J connectivity index is 1.92. The van der Waals surface area contributed by atoms with Gasteiger partial charge in [-0.15, -0.1) is 0 Å². The van der Waals surface area contributed by atoms with Crippen LogP contribution in [0.4, 0.5) is 5.69 Å². The third kappa shape index (κ3) is 2.86. The lowest BCUT2D eigenvalue weighted by Crippen LogP contribution is -2.25. The number of benzene rings is 1. The molecule has 0 aliphatic heterocycles. The fourth-order valence-corrected chi connectivity index (χ4v) is 2.54. The average Bonchev–Trinajstić information content (AvgIpc) is 2.88. The molecule has 1 amide bonds. The number of rotatable bonds is 3. The smallest absolute Gasteiger partial charge is 0.261 e. The lowest BCUT2D eigenvalue weighted by Gasteiger charge is -2.07. The van der Waals surface area contributed by atoms with Crippen molar-refractivity contribution in [3.8, 4) is 0 Å². The maximum Gasteiger partial charge on any atom is 0.261 e. The lowest BCUT2D eigenvalue weighted by atomic mass is 10.1. The molecule has 1 aromatic carbocycles. The molecule has 118 valence electrons. The number of aromatic amines is 2. The van der Waals surface area contributed by atoms with Crippen LogP contribution in [-0.2, 0) is 6.61 Å². The van der Waals surface area contributed by atoms with Crippen molar-refractivity contribution in [3.63, 3.8) is 0 Å². The van der Waals surface area contributed by atoms with Crippen LogP contribution in [0.5, 0.6) is 0 Å². The summed E-state index contributed by atoms with van der Waals surface area (Å²) in [5.41, 5.74) is 2.93. The first-order valence-electron chi connectivity index (χ1n) is 7.09. The van der Waals surface area contributed by atoms with Gasteiger partial charge < -0.3 is 20.4 Å². The molecule has 0 saturated carbocycles. The minimum Gasteiger partial charge on any atom is -0.388 e. The molecule has 2 aromatic heterocycles. The van der Waals surface area contributed by atoms with Gasteiger partial charge in [-0.05, 0) is 43.7 Å². The SMILES string of the molecule is Cc1cc(C)c(C(=O)Nc2ccc3nc(CO)[nH]c3c2)c(=O)[nH]1. The summed E-state index contributed by atoms with van der Waals surface area (Å²) < 4.78 is 0. The monoisotopic (exact) mass is 312 g/mol. The quantitative estimate of drug-likeness (QED) is 0.589. The Morgan fingerprint density at radius 1 is 1.26 bits per heavy atom. The van der Waals surface area contributed by atoms with Crippen LogP contribution in [0.2, 0.25) is 0 Å². The first-order valence-corrected chi connectivity index (χ1v) is 7.09. The van der Waals surface area contributed by atoms with Gasteiger partial charge in [-0.25, -0.2) is 4.98 Å². The van der Waals surface area contributed by atoms with Gasteiger partial charge in [0.15, 0.2) is 0 Å². The van der Waals surface area contributed by atoms with Gasteiger partial charge in [0, 0.05) is 11.4 Å². The minimum absolute atomic E-state index is 0.0938. The summed E-state index contributed by atoms with van der Waals surface area (Å²) in [7, 11) is 0. The normalized spacial score (nSPS) is 10.9. The molecule has 7 heteroatoms. The molecule has 3 rings (SSSR count). The zero-order valence-electron chi connectivity index (χ0n) is 12.7. The molecule has 0 saturated heterocycles. The molecule has 7 nitrogen and oxygen atoms in total. The number of pyridine rings is 1. The summed E-state index contributed by atoms with van der Waals surface area (Å²) in [6, 6.07) is 6.88. The van der Waals surface area contributed by atoms with Crippen LogP contribution >= 0.6 is 0 Å². The molecular formula is C16H16N4O3. The summed E-state index contributed by atoms with van der Waals surface area (Å²) in [5, 5.41) is 11.8. The van der Waals surface area contributed by atoms with Crippen LogP contribution in [0, 0.1) is 13.8 Å². The van der Waals surface area contributed by atoms with E-state index in [9.17, 15) is 9.59 Å². The number of hydrogen-bond acceptors (Lipinski definition) is 4. The van der Waals surface area contributed by atoms with Gasteiger partial charge >= 0.3 is 0 Å². The zero-order chi connectivity index (χ0) is 16.6. The van der Waals surface area contributed by atoms with Crippen LogP contribution in [-0.4, -0.2) is 26.0 Å². The molecule has 0 aliphatic rings. The Bertz CT molecular complexity index is 956. The number of aromatic nitrogens is 3. The number of carbonyl (C=O) groups is 1. The van der Waals surface area contributed by atoms with Crippen molar-refractivity contribution >= 4 is 22.6 Å². The number of imidazole rings is 1. The second kappa shape index (κ2) is 5.69. The van der Waals surface area contributed by atoms with E-state index in [0.717, 1.165) is 0 Å². The number of aryl methyl sites for hydroxylation is 2. The van der Waals surface area contributed by atoms with Crippen LogP contribution in [0.3, 0.4) is 0 Å². The number of anilines is 1. The minimum atomic E-state index is -0.468. The standard InChI is InChI=1S/C16H16N4O3/c1-8-5-9(2)17-15(22)14(8)16(23)18-10-3-4-11-12(6-10)20-13(7-21)19-11/h3-6,21H,7H2,1-2H3,(H,17,22)(H,18,23)(H,19,20). The van der Waals surface area contributed by atoms with E-state index in [1.165, 1.54) is 0 Å². The van der Waals surface area contributed by atoms with Gasteiger partial charge in [-0.2, -0.15) is 0 Å². The third-order valence-corrected chi connectivity index (χ3v) is 3.53. The van der Waals surface area contributed by atoms with E-state index >= 15 is 0 Å². The number of aliphatic hydroxyl groups is 1. The molecule has 0 unspecified atom stereocenters. The van der Waals surface area contributed by atoms with Gasteiger partial charge in [0.1, 0.15) is 18.0 Å². The van der Waals surface area contributed by atoms with Gasteiger partial charge in [0.05, 0.1) is 11.0 Å². The van der Waals surface area contributed by atoms with E-state index in [4.69, 9.17) is 5.11 Å². The lowest BCUT2D eigenvalue weighted by molar-refractivity contribution is 0.102. The molecule has 0 atom stereocenters. The number of amides is 1. The highest BCUT2D eigenvalue weighted by molar-refractivity contribution is 6.05. The number of H-pyrrole nitrogens is 2. The predicted molar refractivity (Wildman–Crippen MR) is 86.5 cm³/mol.